The van der Waals surface area contributed by atoms with Crippen LogP contribution in [0.4, 0.5) is 17.1 Å². The Morgan fingerprint density at radius 3 is 1.88 bits per heavy atom. The fourth-order valence-corrected chi connectivity index (χ4v) is 16.2. The average molecular weight is 768 g/mol. The van der Waals surface area contributed by atoms with Crippen molar-refractivity contribution in [1.29, 1.82) is 0 Å². The zero-order valence-electron chi connectivity index (χ0n) is 34.3. The summed E-state index contributed by atoms with van der Waals surface area (Å²) in [5.41, 5.74) is 18.3. The van der Waals surface area contributed by atoms with Crippen LogP contribution in [-0.4, -0.2) is 0 Å². The van der Waals surface area contributed by atoms with Gasteiger partial charge in [0.15, 0.2) is 0 Å². The Bertz CT molecular complexity index is 2830. The van der Waals surface area contributed by atoms with Crippen LogP contribution >= 0.6 is 0 Å². The molecule has 8 aliphatic carbocycles. The predicted octanol–water partition coefficient (Wildman–Crippen LogP) is 15.3. The first kappa shape index (κ1) is 33.7. The highest BCUT2D eigenvalue weighted by molar-refractivity contribution is 6.06. The second kappa shape index (κ2) is 12.0. The quantitative estimate of drug-likeness (QED) is 0.177. The molecule has 0 N–H and O–H groups in total. The lowest BCUT2D eigenvalue weighted by Crippen LogP contribution is -2.55. The Morgan fingerprint density at radius 2 is 1.12 bits per heavy atom. The summed E-state index contributed by atoms with van der Waals surface area (Å²) in [7, 11) is 0. The van der Waals surface area contributed by atoms with Gasteiger partial charge in [-0.25, -0.2) is 0 Å². The van der Waals surface area contributed by atoms with E-state index < -0.39 is 0 Å². The molecule has 0 aliphatic heterocycles. The third-order valence-corrected chi connectivity index (χ3v) is 18.0. The highest BCUT2D eigenvalue weighted by atomic mass is 16.3. The van der Waals surface area contributed by atoms with Gasteiger partial charge in [0.25, 0.3) is 0 Å². The summed E-state index contributed by atoms with van der Waals surface area (Å²) < 4.78 is 6.70. The van der Waals surface area contributed by atoms with Gasteiger partial charge in [-0.15, -0.1) is 0 Å². The Morgan fingerprint density at radius 1 is 0.508 bits per heavy atom. The van der Waals surface area contributed by atoms with Crippen LogP contribution in [0, 0.1) is 41.4 Å². The smallest absolute Gasteiger partial charge is 0.137 e. The molecular weight excluding hydrogens is 715 g/mol. The Kier molecular flexibility index (Phi) is 6.87. The molecule has 7 aromatic rings. The van der Waals surface area contributed by atoms with E-state index in [4.69, 9.17) is 4.42 Å². The predicted molar refractivity (Wildman–Crippen MR) is 242 cm³/mol. The highest BCUT2D eigenvalue weighted by Gasteiger charge is 2.62. The number of furan rings is 1. The summed E-state index contributed by atoms with van der Waals surface area (Å²) in [6.45, 7) is 2.44. The minimum absolute atomic E-state index is 0.0176. The minimum atomic E-state index is 0.0176. The van der Waals surface area contributed by atoms with E-state index in [0.29, 0.717) is 11.8 Å². The van der Waals surface area contributed by atoms with Crippen molar-refractivity contribution in [1.82, 2.24) is 0 Å². The van der Waals surface area contributed by atoms with E-state index in [9.17, 15) is 0 Å². The average Bonchev–Trinajstić information content (AvgIpc) is 3.88. The Balaban J connectivity index is 1.04. The lowest BCUT2D eigenvalue weighted by atomic mass is 9.43. The highest BCUT2D eigenvalue weighted by Crippen LogP contribution is 2.71. The third kappa shape index (κ3) is 4.24. The molecule has 2 nitrogen and oxygen atoms in total. The molecule has 0 amide bonds. The van der Waals surface area contributed by atoms with Gasteiger partial charge >= 0.3 is 0 Å². The van der Waals surface area contributed by atoms with E-state index in [1.165, 1.54) is 121 Å². The molecule has 2 spiro atoms. The van der Waals surface area contributed by atoms with Crippen LogP contribution in [0.3, 0.4) is 0 Å². The molecular formula is C57H53NO. The first-order chi connectivity index (χ1) is 29.1. The van der Waals surface area contributed by atoms with Gasteiger partial charge in [0, 0.05) is 39.0 Å². The molecule has 0 saturated heterocycles. The van der Waals surface area contributed by atoms with Crippen LogP contribution in [0.5, 0.6) is 0 Å². The van der Waals surface area contributed by atoms with Crippen LogP contribution < -0.4 is 4.90 Å². The van der Waals surface area contributed by atoms with E-state index in [1.807, 2.05) is 0 Å². The van der Waals surface area contributed by atoms with Crippen molar-refractivity contribution < 1.29 is 4.42 Å². The summed E-state index contributed by atoms with van der Waals surface area (Å²) in [5.74, 6) is 5.40. The van der Waals surface area contributed by atoms with Crippen molar-refractivity contribution in [2.75, 3.05) is 4.90 Å². The van der Waals surface area contributed by atoms with E-state index in [0.717, 1.165) is 40.8 Å². The van der Waals surface area contributed by atoms with Crippen molar-refractivity contribution in [2.45, 2.75) is 88.4 Å². The number of rotatable bonds is 4. The topological polar surface area (TPSA) is 16.4 Å². The van der Waals surface area contributed by atoms with Gasteiger partial charge in [-0.2, -0.15) is 0 Å². The largest absolute Gasteiger partial charge is 0.456 e. The number of anilines is 3. The molecule has 8 aliphatic rings. The monoisotopic (exact) mass is 767 g/mol. The van der Waals surface area contributed by atoms with Crippen molar-refractivity contribution in [3.05, 3.63) is 150 Å². The van der Waals surface area contributed by atoms with Gasteiger partial charge in [0.2, 0.25) is 0 Å². The number of nitrogens with zero attached hydrogens (tertiary/aromatic N) is 1. The van der Waals surface area contributed by atoms with Gasteiger partial charge in [-0.1, -0.05) is 105 Å². The maximum atomic E-state index is 6.70. The third-order valence-electron chi connectivity index (χ3n) is 18.0. The first-order valence-corrected chi connectivity index (χ1v) is 23.3. The molecule has 15 rings (SSSR count). The molecule has 6 saturated carbocycles. The van der Waals surface area contributed by atoms with Gasteiger partial charge < -0.3 is 9.32 Å². The van der Waals surface area contributed by atoms with Crippen molar-refractivity contribution in [3.63, 3.8) is 0 Å². The van der Waals surface area contributed by atoms with Crippen molar-refractivity contribution in [2.24, 2.45) is 41.4 Å². The Hall–Kier alpha value is -5.08. The maximum Gasteiger partial charge on any atom is 0.137 e. The molecule has 0 radical (unpaired) electrons. The molecule has 1 heterocycles. The summed E-state index contributed by atoms with van der Waals surface area (Å²) >= 11 is 0. The molecule has 6 aromatic carbocycles. The normalized spacial score (nSPS) is 31.5. The number of benzene rings is 6. The molecule has 6 bridgehead atoms. The lowest BCUT2D eigenvalue weighted by molar-refractivity contribution is -0.0399. The fraction of sp³-hybridized carbons (Fsp3) is 0.368. The first-order valence-electron chi connectivity index (χ1n) is 23.3. The molecule has 2 heteroatoms. The molecule has 1 aromatic heterocycles. The summed E-state index contributed by atoms with van der Waals surface area (Å²) in [6.07, 6.45) is 15.0. The van der Waals surface area contributed by atoms with E-state index in [2.05, 4.69) is 139 Å². The van der Waals surface area contributed by atoms with Gasteiger partial charge in [0.05, 0.1) is 5.69 Å². The second-order valence-electron chi connectivity index (χ2n) is 20.2. The van der Waals surface area contributed by atoms with Gasteiger partial charge in [0.1, 0.15) is 11.2 Å². The maximum absolute atomic E-state index is 6.70. The zero-order chi connectivity index (χ0) is 38.6. The number of para-hydroxylation sites is 1. The van der Waals surface area contributed by atoms with Crippen molar-refractivity contribution in [3.8, 4) is 22.3 Å². The van der Waals surface area contributed by atoms with E-state index in [-0.39, 0.29) is 10.8 Å². The molecule has 6 fully saturated rings. The molecule has 2 atom stereocenters. The number of hydrogen-bond donors (Lipinski definition) is 0. The van der Waals surface area contributed by atoms with Gasteiger partial charge in [-0.05, 0) is 180 Å². The zero-order valence-corrected chi connectivity index (χ0v) is 34.3. The molecule has 59 heavy (non-hydrogen) atoms. The van der Waals surface area contributed by atoms with Crippen LogP contribution in [0.15, 0.2) is 132 Å². The van der Waals surface area contributed by atoms with Crippen LogP contribution in [0.2, 0.25) is 0 Å². The summed E-state index contributed by atoms with van der Waals surface area (Å²) in [4.78, 5) is 2.70. The van der Waals surface area contributed by atoms with Crippen molar-refractivity contribution >= 4 is 39.0 Å². The van der Waals surface area contributed by atoms with Gasteiger partial charge in [-0.3, -0.25) is 0 Å². The second-order valence-corrected chi connectivity index (χ2v) is 20.2. The SMILES string of the molecule is CCC1CC2CCCC(C1)C21c2ccccc2-c2cccc(N(c3ccc4c(c3)C3(c5ccccc5-4)C4CC5CC(C4)CC3C5)c3ccc4c(c3)oc3ccccc34)c21. The van der Waals surface area contributed by atoms with Crippen LogP contribution in [-0.2, 0) is 10.8 Å². The van der Waals surface area contributed by atoms with E-state index in [1.54, 1.807) is 22.3 Å². The molecule has 292 valence electrons. The number of fused-ring (bicyclic) bond motifs is 9. The summed E-state index contributed by atoms with van der Waals surface area (Å²) in [6, 6.07) is 49.9. The van der Waals surface area contributed by atoms with Crippen LogP contribution in [0.25, 0.3) is 44.2 Å². The Labute approximate surface area is 348 Å². The minimum Gasteiger partial charge on any atom is -0.456 e. The fourth-order valence-electron chi connectivity index (χ4n) is 16.2. The molecule has 2 unspecified atom stereocenters. The van der Waals surface area contributed by atoms with E-state index >= 15 is 0 Å². The standard InChI is InChI=1S/C57H53NO/c1-2-34-26-37-11-9-12-38(27-34)57(37)50-18-7-4-14-44(50)48-16-10-19-52(55(48)57)58(42-22-24-47-46-15-5-8-20-53(46)59-54(47)33-42)41-21-23-45-43-13-3-6-17-49(43)56(51(45)32-41)39-28-35-25-36(30-39)31-40(56)29-35/h3-8,10,13-24,32-40H,2,9,11-12,25-31H2,1H3. The lowest BCUT2D eigenvalue weighted by Gasteiger charge is -2.61. The van der Waals surface area contributed by atoms with Crippen LogP contribution in [0.1, 0.15) is 99.8 Å². The number of hydrogen-bond acceptors (Lipinski definition) is 2. The summed E-state index contributed by atoms with van der Waals surface area (Å²) in [5, 5.41) is 2.38.